The maximum Gasteiger partial charge on any atom is 0.445 e. The first-order chi connectivity index (χ1) is 26.5. The van der Waals surface area contributed by atoms with Gasteiger partial charge in [0.05, 0.1) is 24.3 Å². The molecule has 2 aliphatic rings. The largest absolute Gasteiger partial charge is 0.445 e. The maximum absolute atomic E-state index is 14.1. The Hall–Kier alpha value is -5.64. The predicted octanol–water partition coefficient (Wildman–Crippen LogP) is 1.81. The molecular weight excluding hydrogens is 722 g/mol. The monoisotopic (exact) mass is 774 g/mol. The summed E-state index contributed by atoms with van der Waals surface area (Å²) in [6.07, 6.45) is -0.495. The Kier molecular flexibility index (Phi) is 15.2. The highest BCUT2D eigenvalue weighted by atomic mass is 16.5. The maximum atomic E-state index is 14.1. The molecule has 2 aromatic rings. The van der Waals surface area contributed by atoms with Crippen molar-refractivity contribution in [3.63, 3.8) is 0 Å². The molecule has 0 aliphatic carbocycles. The van der Waals surface area contributed by atoms with Crippen molar-refractivity contribution in [2.45, 2.75) is 97.7 Å². The summed E-state index contributed by atoms with van der Waals surface area (Å²) in [6, 6.07) is 10.5. The van der Waals surface area contributed by atoms with E-state index in [1.54, 1.807) is 32.9 Å². The molecule has 2 aliphatic heterocycles. The van der Waals surface area contributed by atoms with Crippen molar-refractivity contribution >= 4 is 47.1 Å². The molecule has 5 N–H and O–H groups in total. The van der Waals surface area contributed by atoms with Crippen LogP contribution in [0.15, 0.2) is 59.7 Å². The molecule has 0 saturated carbocycles. The standard InChI is InChI=1S/C40H51N7O9/c1-22(2)18-31(44-39(54)34(24(5)56-21-26-12-8-7-9-13-26)45-38(53)33(23(3)4)42-25(6)48)37(52)43-30(19-27-16-17-41-35(27)50)32(49)20-47-40(55)29-15-11-10-14-28(29)36(51)46-47/h7-15,22-24,27,30-31,33-34H,16-21H2,1-6H3,(H4-,41,42,43,44,45,48,50,52,53,54)/p+1/t24?,27-,30-,31-,33-,34?/m0/s1. The quantitative estimate of drug-likeness (QED) is 0.131. The van der Waals surface area contributed by atoms with Crippen LogP contribution in [0.3, 0.4) is 0 Å². The second-order valence-electron chi connectivity index (χ2n) is 15.0. The summed E-state index contributed by atoms with van der Waals surface area (Å²) in [4.78, 5) is 106. The number of amides is 7. The van der Waals surface area contributed by atoms with E-state index in [9.17, 15) is 38.4 Å². The zero-order chi connectivity index (χ0) is 41.1. The third-order valence-electron chi connectivity index (χ3n) is 9.58. The summed E-state index contributed by atoms with van der Waals surface area (Å²) < 4.78 is 6.79. The second kappa shape index (κ2) is 19.8. The first kappa shape index (κ1) is 43.1. The highest BCUT2D eigenvalue weighted by Crippen LogP contribution is 2.20. The number of hydrogen-bond acceptors (Lipinski definition) is 9. The highest BCUT2D eigenvalue weighted by molar-refractivity contribution is 6.07. The third kappa shape index (κ3) is 11.7. The summed E-state index contributed by atoms with van der Waals surface area (Å²) in [5.41, 5.74) is 1.00. The first-order valence-corrected chi connectivity index (χ1v) is 18.9. The van der Waals surface area contributed by atoms with Crippen molar-refractivity contribution in [1.29, 1.82) is 0 Å². The molecule has 16 nitrogen and oxygen atoms in total. The lowest BCUT2D eigenvalue weighted by atomic mass is 9.94. The summed E-state index contributed by atoms with van der Waals surface area (Å²) >= 11 is 0. The molecule has 4 rings (SSSR count). The molecular formula is C40H52N7O9+. The Balaban J connectivity index is 1.58. The van der Waals surface area contributed by atoms with E-state index in [2.05, 4.69) is 31.7 Å². The fourth-order valence-corrected chi connectivity index (χ4v) is 6.52. The van der Waals surface area contributed by atoms with Gasteiger partial charge in [0.1, 0.15) is 23.7 Å². The van der Waals surface area contributed by atoms with Gasteiger partial charge in [0.2, 0.25) is 41.9 Å². The molecule has 16 heteroatoms. The van der Waals surface area contributed by atoms with Crippen LogP contribution in [0.2, 0.25) is 0 Å². The number of hydrogen-bond donors (Lipinski definition) is 5. The smallest absolute Gasteiger partial charge is 0.371 e. The molecule has 0 spiro atoms. The summed E-state index contributed by atoms with van der Waals surface area (Å²) in [6.45, 7) is 9.87. The van der Waals surface area contributed by atoms with E-state index in [1.165, 1.54) is 19.1 Å². The number of ether oxygens (including phenoxy) is 1. The van der Waals surface area contributed by atoms with E-state index in [1.807, 2.05) is 44.2 Å². The number of fused-ring (bicyclic) bond motifs is 1. The van der Waals surface area contributed by atoms with Crippen LogP contribution in [0.5, 0.6) is 0 Å². The molecule has 6 atom stereocenters. The summed E-state index contributed by atoms with van der Waals surface area (Å²) in [5, 5.41) is 17.3. The normalized spacial score (nSPS) is 17.8. The van der Waals surface area contributed by atoms with E-state index < -0.39 is 84.0 Å². The fourth-order valence-electron chi connectivity index (χ4n) is 6.52. The van der Waals surface area contributed by atoms with Crippen molar-refractivity contribution in [3.05, 3.63) is 71.3 Å². The number of benzene rings is 2. The lowest BCUT2D eigenvalue weighted by Crippen LogP contribution is -2.61. The molecule has 0 radical (unpaired) electrons. The minimum Gasteiger partial charge on any atom is -0.371 e. The number of azo groups is 2. The number of carbonyl (C=O) groups excluding carboxylic acids is 8. The van der Waals surface area contributed by atoms with Crippen LogP contribution in [0, 0.1) is 17.8 Å². The molecule has 2 unspecified atom stereocenters. The Morgan fingerprint density at radius 1 is 0.804 bits per heavy atom. The topological polar surface area (TPSA) is 221 Å². The van der Waals surface area contributed by atoms with E-state index in [0.717, 1.165) is 10.3 Å². The van der Waals surface area contributed by atoms with Gasteiger partial charge in [0, 0.05) is 24.5 Å². The number of carbonyl (C=O) groups is 8. The van der Waals surface area contributed by atoms with E-state index in [4.69, 9.17) is 4.74 Å². The van der Waals surface area contributed by atoms with Crippen LogP contribution in [0.25, 0.3) is 0 Å². The minimum absolute atomic E-state index is 0.0798. The minimum atomic E-state index is -1.32. The number of rotatable bonds is 19. The van der Waals surface area contributed by atoms with Gasteiger partial charge >= 0.3 is 11.8 Å². The Bertz CT molecular complexity index is 1850. The van der Waals surface area contributed by atoms with E-state index >= 15 is 0 Å². The van der Waals surface area contributed by atoms with E-state index in [0.29, 0.717) is 13.0 Å². The van der Waals surface area contributed by atoms with Crippen molar-refractivity contribution in [2.24, 2.45) is 22.9 Å². The first-order valence-electron chi connectivity index (χ1n) is 18.9. The molecule has 56 heavy (non-hydrogen) atoms. The number of nitrogens with zero attached hydrogens (tertiary/aromatic N) is 2. The van der Waals surface area contributed by atoms with Crippen molar-refractivity contribution in [1.82, 2.24) is 26.6 Å². The molecule has 300 valence electrons. The Morgan fingerprint density at radius 2 is 1.43 bits per heavy atom. The second-order valence-corrected chi connectivity index (χ2v) is 15.0. The SMILES string of the molecule is CC(=O)N[C@H](C(=O)NC(C(=O)N[C@@H](CC(C)C)C(=O)N[C@@H](C[C@@H]1CCNC1=O)C(=O)C[N+]1=NC(=O)c2ccccc2C1=O)C(C)OCc1ccccc1)C(C)C. The molecule has 0 aromatic heterocycles. The van der Waals surface area contributed by atoms with Gasteiger partial charge in [0.25, 0.3) is 0 Å². The van der Waals surface area contributed by atoms with Crippen LogP contribution >= 0.6 is 0 Å². The van der Waals surface area contributed by atoms with E-state index in [-0.39, 0.29) is 48.3 Å². The van der Waals surface area contributed by atoms with Gasteiger partial charge in [-0.05, 0) is 60.4 Å². The zero-order valence-electron chi connectivity index (χ0n) is 32.6. The highest BCUT2D eigenvalue weighted by Gasteiger charge is 2.40. The Morgan fingerprint density at radius 3 is 2.04 bits per heavy atom. The van der Waals surface area contributed by atoms with Crippen molar-refractivity contribution in [2.75, 3.05) is 13.1 Å². The fraction of sp³-hybridized carbons (Fsp3) is 0.500. The van der Waals surface area contributed by atoms with Gasteiger partial charge in [-0.25, -0.2) is 4.79 Å². The van der Waals surface area contributed by atoms with Gasteiger partial charge in [0.15, 0.2) is 0 Å². The van der Waals surface area contributed by atoms with Crippen molar-refractivity contribution < 1.29 is 47.8 Å². The van der Waals surface area contributed by atoms with Crippen LogP contribution in [0.4, 0.5) is 0 Å². The van der Waals surface area contributed by atoms with Gasteiger partial charge < -0.3 is 31.3 Å². The van der Waals surface area contributed by atoms with Gasteiger partial charge in [-0.1, -0.05) is 70.2 Å². The molecule has 7 amide bonds. The molecule has 2 heterocycles. The van der Waals surface area contributed by atoms with Crippen LogP contribution in [-0.4, -0.2) is 95.2 Å². The molecule has 0 bridgehead atoms. The van der Waals surface area contributed by atoms with Gasteiger partial charge in [-0.3, -0.25) is 33.6 Å². The summed E-state index contributed by atoms with van der Waals surface area (Å²) in [5.74, 6) is -6.01. The lowest BCUT2D eigenvalue weighted by molar-refractivity contribution is -0.483. The number of Topliss-reactive ketones (excluding diaryl/α,β-unsaturated/α-hetero) is 1. The number of nitrogens with one attached hydrogen (secondary N) is 5. The molecule has 1 saturated heterocycles. The third-order valence-corrected chi connectivity index (χ3v) is 9.58. The zero-order valence-corrected chi connectivity index (χ0v) is 32.6. The van der Waals surface area contributed by atoms with Crippen LogP contribution in [-0.2, 0) is 40.1 Å². The lowest BCUT2D eigenvalue weighted by Gasteiger charge is -2.30. The average molecular weight is 775 g/mol. The molecule has 2 aromatic carbocycles. The number of ketones is 1. The average Bonchev–Trinajstić information content (AvgIpc) is 3.56. The van der Waals surface area contributed by atoms with Gasteiger partial charge in [-0.15, -0.1) is 0 Å². The van der Waals surface area contributed by atoms with Gasteiger partial charge in [-0.2, -0.15) is 0 Å². The predicted molar refractivity (Wildman–Crippen MR) is 202 cm³/mol. The van der Waals surface area contributed by atoms with Crippen LogP contribution in [0.1, 0.15) is 87.1 Å². The Labute approximate surface area is 326 Å². The van der Waals surface area contributed by atoms with Crippen molar-refractivity contribution in [3.8, 4) is 0 Å². The summed E-state index contributed by atoms with van der Waals surface area (Å²) in [7, 11) is 0. The van der Waals surface area contributed by atoms with Crippen LogP contribution < -0.4 is 26.6 Å². The molecule has 1 fully saturated rings.